The Morgan fingerprint density at radius 3 is 2.72 bits per heavy atom. The van der Waals surface area contributed by atoms with Crippen molar-refractivity contribution in [3.05, 3.63) is 33.2 Å². The van der Waals surface area contributed by atoms with Gasteiger partial charge in [-0.25, -0.2) is 8.78 Å². The fourth-order valence-corrected chi connectivity index (χ4v) is 2.02. The molecule has 0 amide bonds. The minimum absolute atomic E-state index is 0.111. The molecule has 0 unspecified atom stereocenters. The molecule has 0 atom stereocenters. The summed E-state index contributed by atoms with van der Waals surface area (Å²) in [7, 11) is 0. The van der Waals surface area contributed by atoms with Crippen LogP contribution in [0.3, 0.4) is 0 Å². The van der Waals surface area contributed by atoms with Gasteiger partial charge in [-0.05, 0) is 12.5 Å². The Kier molecular flexibility index (Phi) is 5.46. The first kappa shape index (κ1) is 14.8. The first-order valence-electron chi connectivity index (χ1n) is 5.24. The van der Waals surface area contributed by atoms with Gasteiger partial charge in [0.1, 0.15) is 0 Å². The molecule has 0 saturated carbocycles. The Hall–Kier alpha value is -1.24. The first-order valence-corrected chi connectivity index (χ1v) is 6.36. The third kappa shape index (κ3) is 3.63. The third-order valence-electron chi connectivity index (χ3n) is 2.27. The Bertz CT molecular complexity index is 488. The maximum absolute atomic E-state index is 12.8. The van der Waals surface area contributed by atoms with E-state index in [9.17, 15) is 18.4 Å². The molecule has 4 nitrogen and oxygen atoms in total. The average molecular weight is 324 g/mol. The standard InChI is InChI=1S/C11H12BrF2NO3/c1-2-18-10(17)4-6-7(11(13)14)3-9(16)15-8(6)5-12/h3,11H,2,4-5H2,1H3,(H,15,16). The van der Waals surface area contributed by atoms with Crippen molar-refractivity contribution in [3.63, 3.8) is 0 Å². The lowest BCUT2D eigenvalue weighted by Crippen LogP contribution is -2.17. The molecular weight excluding hydrogens is 312 g/mol. The van der Waals surface area contributed by atoms with E-state index in [-0.39, 0.29) is 29.6 Å². The van der Waals surface area contributed by atoms with Gasteiger partial charge in [-0.1, -0.05) is 15.9 Å². The van der Waals surface area contributed by atoms with E-state index in [1.807, 2.05) is 0 Å². The van der Waals surface area contributed by atoms with Crippen LogP contribution in [-0.4, -0.2) is 17.6 Å². The molecular formula is C11H12BrF2NO3. The molecule has 0 aromatic carbocycles. The molecule has 18 heavy (non-hydrogen) atoms. The van der Waals surface area contributed by atoms with E-state index in [4.69, 9.17) is 4.74 Å². The van der Waals surface area contributed by atoms with Crippen LogP contribution in [0.15, 0.2) is 10.9 Å². The van der Waals surface area contributed by atoms with Crippen LogP contribution in [0.25, 0.3) is 0 Å². The van der Waals surface area contributed by atoms with Crippen molar-refractivity contribution in [1.29, 1.82) is 0 Å². The summed E-state index contributed by atoms with van der Waals surface area (Å²) in [6.45, 7) is 1.81. The Morgan fingerprint density at radius 2 is 2.22 bits per heavy atom. The highest BCUT2D eigenvalue weighted by molar-refractivity contribution is 9.08. The van der Waals surface area contributed by atoms with Gasteiger partial charge < -0.3 is 9.72 Å². The lowest BCUT2D eigenvalue weighted by molar-refractivity contribution is -0.142. The monoisotopic (exact) mass is 323 g/mol. The molecule has 0 aliphatic carbocycles. The van der Waals surface area contributed by atoms with Crippen molar-refractivity contribution in [2.24, 2.45) is 0 Å². The van der Waals surface area contributed by atoms with Gasteiger partial charge in [0.15, 0.2) is 0 Å². The highest BCUT2D eigenvalue weighted by atomic mass is 79.9. The van der Waals surface area contributed by atoms with Gasteiger partial charge in [-0.3, -0.25) is 9.59 Å². The number of halogens is 3. The van der Waals surface area contributed by atoms with Crippen molar-refractivity contribution in [2.75, 3.05) is 6.61 Å². The van der Waals surface area contributed by atoms with E-state index in [0.29, 0.717) is 0 Å². The normalized spacial score (nSPS) is 10.7. The van der Waals surface area contributed by atoms with E-state index in [0.717, 1.165) is 6.07 Å². The van der Waals surface area contributed by atoms with Crippen molar-refractivity contribution in [3.8, 4) is 0 Å². The summed E-state index contributed by atoms with van der Waals surface area (Å²) in [5.74, 6) is -0.603. The highest BCUT2D eigenvalue weighted by Crippen LogP contribution is 2.25. The van der Waals surface area contributed by atoms with Crippen molar-refractivity contribution >= 4 is 21.9 Å². The van der Waals surface area contributed by atoms with Crippen LogP contribution in [0.5, 0.6) is 0 Å². The van der Waals surface area contributed by atoms with Crippen molar-refractivity contribution in [2.45, 2.75) is 25.1 Å². The zero-order chi connectivity index (χ0) is 13.7. The van der Waals surface area contributed by atoms with Gasteiger partial charge in [-0.2, -0.15) is 0 Å². The second kappa shape index (κ2) is 6.63. The van der Waals surface area contributed by atoms with Crippen LogP contribution in [0.2, 0.25) is 0 Å². The fourth-order valence-electron chi connectivity index (χ4n) is 1.54. The second-order valence-electron chi connectivity index (χ2n) is 3.46. The van der Waals surface area contributed by atoms with Gasteiger partial charge >= 0.3 is 5.97 Å². The van der Waals surface area contributed by atoms with Crippen LogP contribution in [-0.2, 0) is 21.3 Å². The van der Waals surface area contributed by atoms with Gasteiger partial charge in [0, 0.05) is 22.7 Å². The number of nitrogens with one attached hydrogen (secondary N) is 1. The number of hydrogen-bond acceptors (Lipinski definition) is 3. The number of aromatic nitrogens is 1. The van der Waals surface area contributed by atoms with Crippen LogP contribution >= 0.6 is 15.9 Å². The van der Waals surface area contributed by atoms with E-state index in [1.165, 1.54) is 0 Å². The molecule has 1 aromatic heterocycles. The number of ether oxygens (including phenoxy) is 1. The van der Waals surface area contributed by atoms with Crippen LogP contribution in [0, 0.1) is 0 Å². The van der Waals surface area contributed by atoms with Gasteiger partial charge in [0.25, 0.3) is 6.43 Å². The highest BCUT2D eigenvalue weighted by Gasteiger charge is 2.20. The average Bonchev–Trinajstić information content (AvgIpc) is 2.30. The molecule has 0 aliphatic rings. The summed E-state index contributed by atoms with van der Waals surface area (Å²) in [5.41, 5.74) is -0.667. The van der Waals surface area contributed by atoms with Gasteiger partial charge in [0.2, 0.25) is 5.56 Å². The Labute approximate surface area is 110 Å². The predicted octanol–water partition coefficient (Wildman–Crippen LogP) is 2.31. The lowest BCUT2D eigenvalue weighted by Gasteiger charge is -2.12. The molecule has 1 heterocycles. The van der Waals surface area contributed by atoms with Crippen molar-refractivity contribution in [1.82, 2.24) is 4.98 Å². The number of aromatic amines is 1. The maximum atomic E-state index is 12.8. The predicted molar refractivity (Wildman–Crippen MR) is 65.0 cm³/mol. The second-order valence-corrected chi connectivity index (χ2v) is 4.02. The molecule has 1 rings (SSSR count). The molecule has 0 spiro atoms. The Morgan fingerprint density at radius 1 is 1.56 bits per heavy atom. The molecule has 1 N–H and O–H groups in total. The fraction of sp³-hybridized carbons (Fsp3) is 0.455. The summed E-state index contributed by atoms with van der Waals surface area (Å²) in [4.78, 5) is 25.0. The number of esters is 1. The van der Waals surface area contributed by atoms with Gasteiger partial charge in [0.05, 0.1) is 13.0 Å². The minimum Gasteiger partial charge on any atom is -0.466 e. The molecule has 1 aromatic rings. The molecule has 0 radical (unpaired) electrons. The lowest BCUT2D eigenvalue weighted by atomic mass is 10.0. The maximum Gasteiger partial charge on any atom is 0.310 e. The zero-order valence-electron chi connectivity index (χ0n) is 9.63. The summed E-state index contributed by atoms with van der Waals surface area (Å²) >= 11 is 3.09. The molecule has 0 fully saturated rings. The quantitative estimate of drug-likeness (QED) is 0.668. The topological polar surface area (TPSA) is 59.2 Å². The third-order valence-corrected chi connectivity index (χ3v) is 2.83. The smallest absolute Gasteiger partial charge is 0.310 e. The van der Waals surface area contributed by atoms with E-state index in [1.54, 1.807) is 6.92 Å². The number of carbonyl (C=O) groups excluding carboxylic acids is 1. The summed E-state index contributed by atoms with van der Waals surface area (Å²) in [5, 5.41) is 0.178. The van der Waals surface area contributed by atoms with E-state index >= 15 is 0 Å². The molecule has 0 aliphatic heterocycles. The number of alkyl halides is 3. The number of rotatable bonds is 5. The molecule has 0 bridgehead atoms. The van der Waals surface area contributed by atoms with Crippen LogP contribution in [0.4, 0.5) is 8.78 Å². The zero-order valence-corrected chi connectivity index (χ0v) is 11.2. The number of pyridine rings is 1. The summed E-state index contributed by atoms with van der Waals surface area (Å²) < 4.78 is 30.4. The summed E-state index contributed by atoms with van der Waals surface area (Å²) in [6, 6.07) is 0.811. The molecule has 7 heteroatoms. The van der Waals surface area contributed by atoms with E-state index in [2.05, 4.69) is 20.9 Å². The first-order chi connectivity index (χ1) is 8.49. The molecule has 0 saturated heterocycles. The Balaban J connectivity index is 3.21. The SMILES string of the molecule is CCOC(=O)Cc1c(C(F)F)cc(=O)[nH]c1CBr. The van der Waals surface area contributed by atoms with Crippen molar-refractivity contribution < 1.29 is 18.3 Å². The molecule has 100 valence electrons. The minimum atomic E-state index is -2.81. The number of hydrogen-bond donors (Lipinski definition) is 1. The largest absolute Gasteiger partial charge is 0.466 e. The number of H-pyrrole nitrogens is 1. The van der Waals surface area contributed by atoms with Gasteiger partial charge in [-0.15, -0.1) is 0 Å². The van der Waals surface area contributed by atoms with Crippen LogP contribution in [0.1, 0.15) is 30.2 Å². The van der Waals surface area contributed by atoms with Crippen LogP contribution < -0.4 is 5.56 Å². The summed E-state index contributed by atoms with van der Waals surface area (Å²) in [6.07, 6.45) is -3.10. The van der Waals surface area contributed by atoms with E-state index < -0.39 is 23.5 Å². The number of carbonyl (C=O) groups is 1.